The van der Waals surface area contributed by atoms with E-state index >= 15 is 0 Å². The molecule has 1 aliphatic heterocycles. The average Bonchev–Trinajstić information content (AvgIpc) is 3.15. The first-order valence-corrected chi connectivity index (χ1v) is 12.9. The standard InChI is InChI=1S/C23H29N3O3S2/c1-3-29-19-12-8-7-11-17(19)24-20(27)14-30-23-25-18-13-15(2)31-21(18)22(28)26(23)16-9-5-4-6-10-16/h7-8,11-12,15-16H,3-6,9-10,13-14H2,1-2H3,(H,24,27). The molecule has 8 heteroatoms. The first-order valence-electron chi connectivity index (χ1n) is 11.0. The molecule has 2 heterocycles. The van der Waals surface area contributed by atoms with Gasteiger partial charge in [0.1, 0.15) is 5.75 Å². The lowest BCUT2D eigenvalue weighted by Gasteiger charge is -2.26. The van der Waals surface area contributed by atoms with Gasteiger partial charge in [-0.2, -0.15) is 0 Å². The smallest absolute Gasteiger partial charge is 0.268 e. The minimum atomic E-state index is -0.134. The van der Waals surface area contributed by atoms with Gasteiger partial charge in [-0.1, -0.05) is 50.1 Å². The number of thioether (sulfide) groups is 2. The van der Waals surface area contributed by atoms with Crippen molar-refractivity contribution in [3.8, 4) is 5.75 Å². The van der Waals surface area contributed by atoms with Crippen molar-refractivity contribution in [2.45, 2.75) is 73.7 Å². The number of fused-ring (bicyclic) bond motifs is 1. The molecule has 0 radical (unpaired) electrons. The number of aromatic nitrogens is 2. The number of ether oxygens (including phenoxy) is 1. The number of amides is 1. The molecule has 31 heavy (non-hydrogen) atoms. The van der Waals surface area contributed by atoms with Crippen LogP contribution in [-0.2, 0) is 11.2 Å². The van der Waals surface area contributed by atoms with Gasteiger partial charge in [-0.15, -0.1) is 11.8 Å². The van der Waals surface area contributed by atoms with Crippen LogP contribution in [0.1, 0.15) is 57.7 Å². The highest BCUT2D eigenvalue weighted by atomic mass is 32.2. The third-order valence-electron chi connectivity index (χ3n) is 5.64. The number of carbonyl (C=O) groups is 1. The predicted octanol–water partition coefficient (Wildman–Crippen LogP) is 4.91. The Morgan fingerprint density at radius 2 is 2.06 bits per heavy atom. The number of nitrogens with one attached hydrogen (secondary N) is 1. The number of hydrogen-bond donors (Lipinski definition) is 1. The summed E-state index contributed by atoms with van der Waals surface area (Å²) >= 11 is 3.00. The SMILES string of the molecule is CCOc1ccccc1NC(=O)CSc1nc2c(c(=O)n1C1CCCCC1)SC(C)C2. The van der Waals surface area contributed by atoms with E-state index in [2.05, 4.69) is 12.2 Å². The molecule has 1 saturated carbocycles. The van der Waals surface area contributed by atoms with Gasteiger partial charge in [0.2, 0.25) is 5.91 Å². The number of rotatable bonds is 7. The minimum Gasteiger partial charge on any atom is -0.492 e. The van der Waals surface area contributed by atoms with E-state index in [0.717, 1.165) is 42.7 Å². The van der Waals surface area contributed by atoms with E-state index in [4.69, 9.17) is 9.72 Å². The predicted molar refractivity (Wildman–Crippen MR) is 127 cm³/mol. The Kier molecular flexibility index (Phi) is 7.27. The Balaban J connectivity index is 1.54. The van der Waals surface area contributed by atoms with Crippen LogP contribution in [0.3, 0.4) is 0 Å². The maximum absolute atomic E-state index is 13.4. The summed E-state index contributed by atoms with van der Waals surface area (Å²) in [4.78, 5) is 31.7. The maximum atomic E-state index is 13.4. The molecule has 2 aromatic rings. The van der Waals surface area contributed by atoms with Crippen molar-refractivity contribution in [2.24, 2.45) is 0 Å². The molecule has 6 nitrogen and oxygen atoms in total. The van der Waals surface area contributed by atoms with E-state index < -0.39 is 0 Å². The van der Waals surface area contributed by atoms with Gasteiger partial charge in [0.05, 0.1) is 28.6 Å². The Hall–Kier alpha value is -1.93. The summed E-state index contributed by atoms with van der Waals surface area (Å²) in [6.45, 7) is 4.58. The van der Waals surface area contributed by atoms with Crippen LogP contribution in [0.4, 0.5) is 5.69 Å². The number of nitrogens with zero attached hydrogens (tertiary/aromatic N) is 2. The number of carbonyl (C=O) groups excluding carboxylic acids is 1. The van der Waals surface area contributed by atoms with E-state index in [1.54, 1.807) is 11.8 Å². The Morgan fingerprint density at radius 3 is 2.84 bits per heavy atom. The van der Waals surface area contributed by atoms with Crippen molar-refractivity contribution in [2.75, 3.05) is 17.7 Å². The summed E-state index contributed by atoms with van der Waals surface area (Å²) in [6, 6.07) is 7.60. The minimum absolute atomic E-state index is 0.0795. The monoisotopic (exact) mass is 459 g/mol. The van der Waals surface area contributed by atoms with Gasteiger partial charge in [0.15, 0.2) is 5.16 Å². The fourth-order valence-electron chi connectivity index (χ4n) is 4.24. The second kappa shape index (κ2) is 10.1. The largest absolute Gasteiger partial charge is 0.492 e. The molecule has 1 aromatic carbocycles. The maximum Gasteiger partial charge on any atom is 0.268 e. The van der Waals surface area contributed by atoms with E-state index in [1.807, 2.05) is 35.8 Å². The molecule has 1 atom stereocenters. The lowest BCUT2D eigenvalue weighted by Crippen LogP contribution is -2.30. The molecule has 166 valence electrons. The first-order chi connectivity index (χ1) is 15.1. The second-order valence-electron chi connectivity index (χ2n) is 8.04. The van der Waals surface area contributed by atoms with Gasteiger partial charge in [0, 0.05) is 17.7 Å². The topological polar surface area (TPSA) is 73.2 Å². The number of para-hydroxylation sites is 2. The molecule has 1 unspecified atom stereocenters. The molecule has 0 bridgehead atoms. The highest BCUT2D eigenvalue weighted by molar-refractivity contribution is 8.00. The van der Waals surface area contributed by atoms with Crippen LogP contribution in [0, 0.1) is 0 Å². The molecule has 0 saturated heterocycles. The third kappa shape index (κ3) is 5.12. The van der Waals surface area contributed by atoms with Gasteiger partial charge >= 0.3 is 0 Å². The number of hydrogen-bond acceptors (Lipinski definition) is 6. The lowest BCUT2D eigenvalue weighted by atomic mass is 9.95. The van der Waals surface area contributed by atoms with Crippen molar-refractivity contribution >= 4 is 35.1 Å². The quantitative estimate of drug-likeness (QED) is 0.468. The Morgan fingerprint density at radius 1 is 1.29 bits per heavy atom. The Bertz CT molecular complexity index is 1000. The van der Waals surface area contributed by atoms with Crippen LogP contribution in [-0.4, -0.2) is 33.1 Å². The van der Waals surface area contributed by atoms with Crippen LogP contribution in [0.15, 0.2) is 39.1 Å². The zero-order chi connectivity index (χ0) is 21.8. The van der Waals surface area contributed by atoms with Gasteiger partial charge in [-0.05, 0) is 31.9 Å². The summed E-state index contributed by atoms with van der Waals surface area (Å²) in [5.74, 6) is 0.718. The van der Waals surface area contributed by atoms with Gasteiger partial charge in [-0.25, -0.2) is 4.98 Å². The molecule has 1 aliphatic carbocycles. The third-order valence-corrected chi connectivity index (χ3v) is 7.81. The van der Waals surface area contributed by atoms with E-state index in [0.29, 0.717) is 28.5 Å². The van der Waals surface area contributed by atoms with E-state index in [9.17, 15) is 9.59 Å². The van der Waals surface area contributed by atoms with Crippen LogP contribution >= 0.6 is 23.5 Å². The lowest BCUT2D eigenvalue weighted by molar-refractivity contribution is -0.113. The van der Waals surface area contributed by atoms with Crippen molar-refractivity contribution in [1.29, 1.82) is 0 Å². The summed E-state index contributed by atoms with van der Waals surface area (Å²) < 4.78 is 7.48. The fourth-order valence-corrected chi connectivity index (χ4v) is 6.23. The fraction of sp³-hybridized carbons (Fsp3) is 0.522. The first kappa shape index (κ1) is 22.3. The second-order valence-corrected chi connectivity index (χ2v) is 10.4. The average molecular weight is 460 g/mol. The molecule has 0 spiro atoms. The summed E-state index contributed by atoms with van der Waals surface area (Å²) in [5.41, 5.74) is 1.63. The number of anilines is 1. The van der Waals surface area contributed by atoms with Gasteiger partial charge in [0.25, 0.3) is 5.56 Å². The normalized spacial score (nSPS) is 18.6. The van der Waals surface area contributed by atoms with Gasteiger partial charge in [-0.3, -0.25) is 14.2 Å². The zero-order valence-electron chi connectivity index (χ0n) is 18.1. The number of benzene rings is 1. The Labute approximate surface area is 191 Å². The van der Waals surface area contributed by atoms with Crippen molar-refractivity contribution in [1.82, 2.24) is 9.55 Å². The van der Waals surface area contributed by atoms with E-state index in [1.165, 1.54) is 18.2 Å². The van der Waals surface area contributed by atoms with Crippen LogP contribution < -0.4 is 15.6 Å². The molecular weight excluding hydrogens is 430 g/mol. The van der Waals surface area contributed by atoms with Crippen molar-refractivity contribution < 1.29 is 9.53 Å². The zero-order valence-corrected chi connectivity index (χ0v) is 19.7. The van der Waals surface area contributed by atoms with Gasteiger partial charge < -0.3 is 10.1 Å². The highest BCUT2D eigenvalue weighted by Gasteiger charge is 2.29. The molecule has 1 fully saturated rings. The molecule has 4 rings (SSSR count). The van der Waals surface area contributed by atoms with Crippen molar-refractivity contribution in [3.05, 3.63) is 40.3 Å². The highest BCUT2D eigenvalue weighted by Crippen LogP contribution is 2.37. The summed E-state index contributed by atoms with van der Waals surface area (Å²) in [7, 11) is 0. The van der Waals surface area contributed by atoms with E-state index in [-0.39, 0.29) is 23.3 Å². The van der Waals surface area contributed by atoms with Crippen molar-refractivity contribution in [3.63, 3.8) is 0 Å². The molecule has 1 amide bonds. The molecule has 1 aromatic heterocycles. The van der Waals surface area contributed by atoms with Crippen LogP contribution in [0.5, 0.6) is 5.75 Å². The molecular formula is C23H29N3O3S2. The van der Waals surface area contributed by atoms with Crippen LogP contribution in [0.2, 0.25) is 0 Å². The summed E-state index contributed by atoms with van der Waals surface area (Å²) in [5, 5.41) is 3.98. The molecule has 1 N–H and O–H groups in total. The molecule has 2 aliphatic rings. The van der Waals surface area contributed by atoms with Crippen LogP contribution in [0.25, 0.3) is 0 Å². The summed E-state index contributed by atoms with van der Waals surface area (Å²) in [6.07, 6.45) is 6.30.